The van der Waals surface area contributed by atoms with Gasteiger partial charge in [-0.05, 0) is 24.3 Å². The van der Waals surface area contributed by atoms with Gasteiger partial charge in [0, 0.05) is 6.07 Å². The van der Waals surface area contributed by atoms with Gasteiger partial charge in [-0.25, -0.2) is 8.78 Å². The number of halogens is 3. The molecule has 0 amide bonds. The van der Waals surface area contributed by atoms with E-state index in [9.17, 15) is 8.78 Å². The summed E-state index contributed by atoms with van der Waals surface area (Å²) in [7, 11) is 0. The maximum absolute atomic E-state index is 13.7. The summed E-state index contributed by atoms with van der Waals surface area (Å²) in [6, 6.07) is 8.07. The van der Waals surface area contributed by atoms with E-state index in [1.54, 1.807) is 0 Å². The number of benzene rings is 2. The van der Waals surface area contributed by atoms with Gasteiger partial charge < -0.3 is 11.1 Å². The second-order valence-electron chi connectivity index (χ2n) is 3.78. The summed E-state index contributed by atoms with van der Waals surface area (Å²) in [6.07, 6.45) is 0. The van der Waals surface area contributed by atoms with Crippen molar-refractivity contribution in [2.45, 2.75) is 0 Å². The van der Waals surface area contributed by atoms with Gasteiger partial charge in [0.05, 0.1) is 33.7 Å². The van der Waals surface area contributed by atoms with Gasteiger partial charge >= 0.3 is 0 Å². The van der Waals surface area contributed by atoms with Crippen LogP contribution in [0, 0.1) is 23.0 Å². The summed E-state index contributed by atoms with van der Waals surface area (Å²) in [6.45, 7) is 0. The molecule has 0 saturated heterocycles. The standard InChI is InChI=1S/C13H8ClF2N3/c14-8-4-13(11(18)5-9(8)15)19-12-2-1-7(6-17)3-10(12)16/h1-5,19H,18H2. The van der Waals surface area contributed by atoms with E-state index in [1.165, 1.54) is 18.2 Å². The lowest BCUT2D eigenvalue weighted by Crippen LogP contribution is -1.99. The molecule has 0 saturated carbocycles. The first-order valence-corrected chi connectivity index (χ1v) is 5.60. The predicted octanol–water partition coefficient (Wildman–Crippen LogP) is 3.82. The zero-order chi connectivity index (χ0) is 14.0. The van der Waals surface area contributed by atoms with E-state index in [-0.39, 0.29) is 27.6 Å². The first-order valence-electron chi connectivity index (χ1n) is 5.22. The van der Waals surface area contributed by atoms with Crippen molar-refractivity contribution in [3.8, 4) is 6.07 Å². The summed E-state index contributed by atoms with van der Waals surface area (Å²) in [5.41, 5.74) is 6.32. The van der Waals surface area contributed by atoms with Crippen LogP contribution in [0.3, 0.4) is 0 Å². The van der Waals surface area contributed by atoms with Crippen molar-refractivity contribution in [1.82, 2.24) is 0 Å². The second-order valence-corrected chi connectivity index (χ2v) is 4.19. The fourth-order valence-electron chi connectivity index (χ4n) is 1.50. The van der Waals surface area contributed by atoms with Gasteiger partial charge in [0.2, 0.25) is 0 Å². The minimum atomic E-state index is -0.648. The SMILES string of the molecule is N#Cc1ccc(Nc2cc(Cl)c(F)cc2N)c(F)c1. The zero-order valence-corrected chi connectivity index (χ0v) is 10.3. The average molecular weight is 280 g/mol. The molecule has 2 aromatic rings. The smallest absolute Gasteiger partial charge is 0.147 e. The van der Waals surface area contributed by atoms with Crippen LogP contribution in [0.15, 0.2) is 30.3 Å². The third-order valence-electron chi connectivity index (χ3n) is 2.46. The molecule has 2 rings (SSSR count). The first kappa shape index (κ1) is 13.1. The van der Waals surface area contributed by atoms with Crippen molar-refractivity contribution >= 4 is 28.7 Å². The van der Waals surface area contributed by atoms with Crippen LogP contribution in [0.1, 0.15) is 5.56 Å². The molecule has 0 aromatic heterocycles. The van der Waals surface area contributed by atoms with Crippen LogP contribution in [0.25, 0.3) is 0 Å². The van der Waals surface area contributed by atoms with Gasteiger partial charge in [-0.15, -0.1) is 0 Å². The van der Waals surface area contributed by atoms with Crippen LogP contribution in [0.5, 0.6) is 0 Å². The van der Waals surface area contributed by atoms with Crippen LogP contribution in [-0.4, -0.2) is 0 Å². The topological polar surface area (TPSA) is 61.8 Å². The van der Waals surface area contributed by atoms with Gasteiger partial charge in [0.15, 0.2) is 0 Å². The molecular weight excluding hydrogens is 272 g/mol. The number of hydrogen-bond donors (Lipinski definition) is 2. The molecule has 0 radical (unpaired) electrons. The Morgan fingerprint density at radius 1 is 1.11 bits per heavy atom. The Labute approximate surface area is 113 Å². The third-order valence-corrected chi connectivity index (χ3v) is 2.75. The third kappa shape index (κ3) is 2.75. The Kier molecular flexibility index (Phi) is 3.54. The molecule has 0 heterocycles. The number of nitrogen functional groups attached to an aromatic ring is 1. The summed E-state index contributed by atoms with van der Waals surface area (Å²) in [5.74, 6) is -1.26. The van der Waals surface area contributed by atoms with E-state index in [4.69, 9.17) is 22.6 Å². The van der Waals surface area contributed by atoms with E-state index in [0.29, 0.717) is 0 Å². The van der Waals surface area contributed by atoms with E-state index in [1.807, 2.05) is 6.07 Å². The van der Waals surface area contributed by atoms with E-state index in [0.717, 1.165) is 12.1 Å². The normalized spacial score (nSPS) is 10.0. The van der Waals surface area contributed by atoms with E-state index >= 15 is 0 Å². The van der Waals surface area contributed by atoms with Crippen LogP contribution in [0.2, 0.25) is 5.02 Å². The van der Waals surface area contributed by atoms with Gasteiger partial charge in [0.25, 0.3) is 0 Å². The molecule has 3 nitrogen and oxygen atoms in total. The van der Waals surface area contributed by atoms with Gasteiger partial charge in [-0.2, -0.15) is 5.26 Å². The maximum atomic E-state index is 13.7. The molecule has 0 aliphatic rings. The number of nitrogens with zero attached hydrogens (tertiary/aromatic N) is 1. The summed E-state index contributed by atoms with van der Waals surface area (Å²) < 4.78 is 26.8. The van der Waals surface area contributed by atoms with Crippen LogP contribution in [-0.2, 0) is 0 Å². The molecule has 3 N–H and O–H groups in total. The molecule has 0 spiro atoms. The van der Waals surface area contributed by atoms with Gasteiger partial charge in [-0.3, -0.25) is 0 Å². The van der Waals surface area contributed by atoms with Crippen LogP contribution in [0.4, 0.5) is 25.8 Å². The molecular formula is C13H8ClF2N3. The highest BCUT2D eigenvalue weighted by Crippen LogP contribution is 2.30. The molecule has 96 valence electrons. The minimum Gasteiger partial charge on any atom is -0.397 e. The fourth-order valence-corrected chi connectivity index (χ4v) is 1.67. The van der Waals surface area contributed by atoms with E-state index in [2.05, 4.69) is 5.32 Å². The van der Waals surface area contributed by atoms with Crippen molar-refractivity contribution in [1.29, 1.82) is 5.26 Å². The molecule has 0 aliphatic heterocycles. The average Bonchev–Trinajstić information content (AvgIpc) is 2.38. The summed E-state index contributed by atoms with van der Waals surface area (Å²) >= 11 is 5.63. The van der Waals surface area contributed by atoms with Crippen LogP contribution >= 0.6 is 11.6 Å². The molecule has 19 heavy (non-hydrogen) atoms. The second kappa shape index (κ2) is 5.12. The minimum absolute atomic E-state index is 0.102. The lowest BCUT2D eigenvalue weighted by Gasteiger charge is -2.11. The molecule has 0 bridgehead atoms. The Hall–Kier alpha value is -2.32. The molecule has 0 fully saturated rings. The van der Waals surface area contributed by atoms with Crippen molar-refractivity contribution in [2.24, 2.45) is 0 Å². The first-order chi connectivity index (χ1) is 9.01. The highest BCUT2D eigenvalue weighted by Gasteiger charge is 2.09. The predicted molar refractivity (Wildman–Crippen MR) is 70.2 cm³/mol. The van der Waals surface area contributed by atoms with Crippen molar-refractivity contribution in [3.05, 3.63) is 52.6 Å². The summed E-state index contributed by atoms with van der Waals surface area (Å²) in [4.78, 5) is 0. The summed E-state index contributed by atoms with van der Waals surface area (Å²) in [5, 5.41) is 11.2. The number of nitrogens with one attached hydrogen (secondary N) is 1. The number of anilines is 3. The quantitative estimate of drug-likeness (QED) is 0.822. The number of rotatable bonds is 2. The number of nitrogens with two attached hydrogens (primary N) is 1. The zero-order valence-electron chi connectivity index (χ0n) is 9.55. The Morgan fingerprint density at radius 3 is 2.47 bits per heavy atom. The lowest BCUT2D eigenvalue weighted by atomic mass is 10.2. The monoisotopic (exact) mass is 279 g/mol. The van der Waals surface area contributed by atoms with Crippen molar-refractivity contribution < 1.29 is 8.78 Å². The molecule has 0 atom stereocenters. The molecule has 0 unspecified atom stereocenters. The van der Waals surface area contributed by atoms with Crippen molar-refractivity contribution in [3.63, 3.8) is 0 Å². The Bertz CT molecular complexity index is 680. The van der Waals surface area contributed by atoms with Crippen LogP contribution < -0.4 is 11.1 Å². The Morgan fingerprint density at radius 2 is 1.84 bits per heavy atom. The van der Waals surface area contributed by atoms with Gasteiger partial charge in [-0.1, -0.05) is 11.6 Å². The maximum Gasteiger partial charge on any atom is 0.147 e. The molecule has 6 heteroatoms. The molecule has 2 aromatic carbocycles. The lowest BCUT2D eigenvalue weighted by molar-refractivity contribution is 0.629. The number of nitriles is 1. The van der Waals surface area contributed by atoms with Crippen molar-refractivity contribution in [2.75, 3.05) is 11.1 Å². The Balaban J connectivity index is 2.37. The van der Waals surface area contributed by atoms with E-state index < -0.39 is 11.6 Å². The number of hydrogen-bond acceptors (Lipinski definition) is 3. The highest BCUT2D eigenvalue weighted by atomic mass is 35.5. The molecule has 0 aliphatic carbocycles. The van der Waals surface area contributed by atoms with Gasteiger partial charge in [0.1, 0.15) is 11.6 Å². The highest BCUT2D eigenvalue weighted by molar-refractivity contribution is 6.31. The largest absolute Gasteiger partial charge is 0.397 e. The fraction of sp³-hybridized carbons (Fsp3) is 0.